The molecule has 0 spiro atoms. The highest BCUT2D eigenvalue weighted by atomic mass is 19.4. The Kier molecular flexibility index (Phi) is 4.37. The first kappa shape index (κ1) is 16.2. The molecule has 1 aliphatic rings. The van der Waals surface area contributed by atoms with Crippen molar-refractivity contribution in [1.29, 1.82) is 0 Å². The van der Waals surface area contributed by atoms with E-state index in [9.17, 15) is 18.0 Å². The molecule has 1 unspecified atom stereocenters. The van der Waals surface area contributed by atoms with Crippen LogP contribution in [0.25, 0.3) is 0 Å². The quantitative estimate of drug-likeness (QED) is 0.933. The van der Waals surface area contributed by atoms with Crippen molar-refractivity contribution in [1.82, 2.24) is 14.9 Å². The molecule has 1 aliphatic heterocycles. The number of alkyl halides is 3. The number of halogens is 3. The predicted octanol–water partition coefficient (Wildman–Crippen LogP) is 2.71. The highest BCUT2D eigenvalue weighted by molar-refractivity contribution is 5.80. The van der Waals surface area contributed by atoms with Gasteiger partial charge in [-0.1, -0.05) is 18.2 Å². The summed E-state index contributed by atoms with van der Waals surface area (Å²) >= 11 is 0. The number of hydrogen-bond acceptors (Lipinski definition) is 4. The van der Waals surface area contributed by atoms with Crippen LogP contribution in [0.3, 0.4) is 0 Å². The Labute approximate surface area is 136 Å². The van der Waals surface area contributed by atoms with Crippen LogP contribution >= 0.6 is 0 Å². The average molecular weight is 336 g/mol. The normalized spacial score (nSPS) is 18.0. The Balaban J connectivity index is 1.70. The van der Waals surface area contributed by atoms with Gasteiger partial charge in [0.2, 0.25) is 11.9 Å². The summed E-state index contributed by atoms with van der Waals surface area (Å²) in [5.74, 6) is 0.202. The van der Waals surface area contributed by atoms with E-state index in [1.54, 1.807) is 24.5 Å². The molecule has 0 aliphatic carbocycles. The molecule has 1 amide bonds. The van der Waals surface area contributed by atoms with E-state index < -0.39 is 11.7 Å². The standard InChI is InChI=1S/C16H15F3N4O/c17-16(18,19)13-5-2-1-4-11(13)9-23-10-12(8-14(23)24)22-15-20-6-3-7-21-15/h1-7,12H,8-10H2,(H,20,21,22). The summed E-state index contributed by atoms with van der Waals surface area (Å²) in [7, 11) is 0. The van der Waals surface area contributed by atoms with Gasteiger partial charge in [-0.25, -0.2) is 9.97 Å². The lowest BCUT2D eigenvalue weighted by molar-refractivity contribution is -0.139. The monoisotopic (exact) mass is 336 g/mol. The summed E-state index contributed by atoms with van der Waals surface area (Å²) in [4.78, 5) is 21.6. The van der Waals surface area contributed by atoms with E-state index in [2.05, 4.69) is 15.3 Å². The maximum absolute atomic E-state index is 13.1. The van der Waals surface area contributed by atoms with Crippen molar-refractivity contribution in [3.63, 3.8) is 0 Å². The minimum atomic E-state index is -4.44. The van der Waals surface area contributed by atoms with Gasteiger partial charge in [-0.15, -0.1) is 0 Å². The number of carbonyl (C=O) groups excluding carboxylic acids is 1. The zero-order valence-electron chi connectivity index (χ0n) is 12.6. The number of nitrogens with one attached hydrogen (secondary N) is 1. The number of hydrogen-bond donors (Lipinski definition) is 1. The first-order valence-electron chi connectivity index (χ1n) is 7.40. The van der Waals surface area contributed by atoms with E-state index in [-0.39, 0.29) is 30.5 Å². The Hall–Kier alpha value is -2.64. The van der Waals surface area contributed by atoms with Gasteiger partial charge in [0.25, 0.3) is 0 Å². The zero-order chi connectivity index (χ0) is 17.2. The fraction of sp³-hybridized carbons (Fsp3) is 0.312. The largest absolute Gasteiger partial charge is 0.416 e. The molecule has 1 fully saturated rings. The Morgan fingerprint density at radius 2 is 1.88 bits per heavy atom. The molecule has 2 aromatic rings. The van der Waals surface area contributed by atoms with Crippen LogP contribution in [0.15, 0.2) is 42.7 Å². The van der Waals surface area contributed by atoms with Crippen LogP contribution in [-0.2, 0) is 17.5 Å². The Morgan fingerprint density at radius 1 is 1.17 bits per heavy atom. The zero-order valence-corrected chi connectivity index (χ0v) is 12.6. The van der Waals surface area contributed by atoms with Crippen LogP contribution < -0.4 is 5.32 Å². The molecule has 5 nitrogen and oxygen atoms in total. The summed E-state index contributed by atoms with van der Waals surface area (Å²) in [5.41, 5.74) is -0.615. The number of nitrogens with zero attached hydrogens (tertiary/aromatic N) is 3. The van der Waals surface area contributed by atoms with E-state index in [4.69, 9.17) is 0 Å². The highest BCUT2D eigenvalue weighted by Gasteiger charge is 2.35. The smallest absolute Gasteiger partial charge is 0.349 e. The molecule has 3 rings (SSSR count). The summed E-state index contributed by atoms with van der Waals surface area (Å²) in [5, 5.41) is 3.02. The van der Waals surface area contributed by atoms with Gasteiger partial charge in [0, 0.05) is 31.9 Å². The van der Waals surface area contributed by atoms with E-state index >= 15 is 0 Å². The lowest BCUT2D eigenvalue weighted by atomic mass is 10.1. The van der Waals surface area contributed by atoms with Gasteiger partial charge in [0.05, 0.1) is 11.6 Å². The first-order chi connectivity index (χ1) is 11.4. The highest BCUT2D eigenvalue weighted by Crippen LogP contribution is 2.33. The minimum absolute atomic E-state index is 0.0671. The molecule has 1 aromatic heterocycles. The number of benzene rings is 1. The molecule has 0 radical (unpaired) electrons. The third-order valence-corrected chi connectivity index (χ3v) is 3.80. The van der Waals surface area contributed by atoms with Crippen LogP contribution in [0.5, 0.6) is 0 Å². The molecule has 1 saturated heterocycles. The van der Waals surface area contributed by atoms with Gasteiger partial charge in [-0.2, -0.15) is 13.2 Å². The van der Waals surface area contributed by atoms with Crippen molar-refractivity contribution in [3.05, 3.63) is 53.9 Å². The van der Waals surface area contributed by atoms with E-state index in [1.807, 2.05) is 0 Å². The van der Waals surface area contributed by atoms with Crippen LogP contribution in [0, 0.1) is 0 Å². The van der Waals surface area contributed by atoms with Crippen LogP contribution in [0.4, 0.5) is 19.1 Å². The van der Waals surface area contributed by atoms with Crippen molar-refractivity contribution < 1.29 is 18.0 Å². The first-order valence-corrected chi connectivity index (χ1v) is 7.40. The summed E-state index contributed by atoms with van der Waals surface area (Å²) in [6.07, 6.45) is -1.09. The third-order valence-electron chi connectivity index (χ3n) is 3.80. The number of amides is 1. The summed E-state index contributed by atoms with van der Waals surface area (Å²) in [6, 6.07) is 6.76. The van der Waals surface area contributed by atoms with Crippen molar-refractivity contribution in [2.75, 3.05) is 11.9 Å². The second-order valence-corrected chi connectivity index (χ2v) is 5.55. The predicted molar refractivity (Wildman–Crippen MR) is 80.9 cm³/mol. The van der Waals surface area contributed by atoms with Crippen molar-refractivity contribution in [3.8, 4) is 0 Å². The van der Waals surface area contributed by atoms with Crippen molar-refractivity contribution >= 4 is 11.9 Å². The molecule has 126 valence electrons. The number of anilines is 1. The summed E-state index contributed by atoms with van der Waals surface area (Å²) in [6.45, 7) is 0.242. The van der Waals surface area contributed by atoms with Crippen LogP contribution in [0.2, 0.25) is 0 Å². The molecule has 24 heavy (non-hydrogen) atoms. The van der Waals surface area contributed by atoms with Gasteiger partial charge in [-0.05, 0) is 17.7 Å². The van der Waals surface area contributed by atoms with Crippen LogP contribution in [0.1, 0.15) is 17.5 Å². The molecule has 0 bridgehead atoms. The van der Waals surface area contributed by atoms with Gasteiger partial charge in [0.1, 0.15) is 0 Å². The molecule has 0 saturated carbocycles. The SMILES string of the molecule is O=C1CC(Nc2ncccn2)CN1Cc1ccccc1C(F)(F)F. The lowest BCUT2D eigenvalue weighted by Gasteiger charge is -2.20. The fourth-order valence-corrected chi connectivity index (χ4v) is 2.72. The van der Waals surface area contributed by atoms with E-state index in [0.717, 1.165) is 6.07 Å². The van der Waals surface area contributed by atoms with Gasteiger partial charge in [0.15, 0.2) is 0 Å². The molecular weight excluding hydrogens is 321 g/mol. The second-order valence-electron chi connectivity index (χ2n) is 5.55. The number of rotatable bonds is 4. The fourth-order valence-electron chi connectivity index (χ4n) is 2.72. The minimum Gasteiger partial charge on any atom is -0.349 e. The van der Waals surface area contributed by atoms with E-state index in [1.165, 1.54) is 17.0 Å². The molecular formula is C16H15F3N4O. The Morgan fingerprint density at radius 3 is 2.58 bits per heavy atom. The maximum atomic E-state index is 13.1. The number of aromatic nitrogens is 2. The number of likely N-dealkylation sites (tertiary alicyclic amines) is 1. The second kappa shape index (κ2) is 6.46. The van der Waals surface area contributed by atoms with Gasteiger partial charge >= 0.3 is 6.18 Å². The molecule has 1 atom stereocenters. The molecule has 2 heterocycles. The molecule has 1 aromatic carbocycles. The van der Waals surface area contributed by atoms with Gasteiger partial charge in [-0.3, -0.25) is 4.79 Å². The third kappa shape index (κ3) is 3.64. The molecule has 1 N–H and O–H groups in total. The summed E-state index contributed by atoms with van der Waals surface area (Å²) < 4.78 is 39.2. The van der Waals surface area contributed by atoms with Gasteiger partial charge < -0.3 is 10.2 Å². The Bertz CT molecular complexity index is 721. The molecule has 8 heteroatoms. The van der Waals surface area contributed by atoms with Crippen LogP contribution in [-0.4, -0.2) is 33.4 Å². The lowest BCUT2D eigenvalue weighted by Crippen LogP contribution is -2.29. The topological polar surface area (TPSA) is 58.1 Å². The van der Waals surface area contributed by atoms with E-state index in [0.29, 0.717) is 12.5 Å². The van der Waals surface area contributed by atoms with Crippen molar-refractivity contribution in [2.24, 2.45) is 0 Å². The average Bonchev–Trinajstić information content (AvgIpc) is 2.87. The number of carbonyl (C=O) groups is 1. The van der Waals surface area contributed by atoms with Crippen molar-refractivity contribution in [2.45, 2.75) is 25.2 Å². The maximum Gasteiger partial charge on any atom is 0.416 e.